The van der Waals surface area contributed by atoms with Gasteiger partial charge in [0.05, 0.1) is 0 Å². The van der Waals surface area contributed by atoms with E-state index in [9.17, 15) is 0 Å². The topological polar surface area (TPSA) is 28.2 Å². The summed E-state index contributed by atoms with van der Waals surface area (Å²) in [5.41, 5.74) is 3.64. The molecule has 100 valence electrons. The molecule has 19 heavy (non-hydrogen) atoms. The molecule has 0 spiro atoms. The number of hydrogen-bond acceptors (Lipinski definition) is 4. The van der Waals surface area contributed by atoms with Gasteiger partial charge < -0.3 is 10.2 Å². The van der Waals surface area contributed by atoms with Crippen molar-refractivity contribution < 1.29 is 0 Å². The number of nitrogens with one attached hydrogen (secondary N) is 1. The summed E-state index contributed by atoms with van der Waals surface area (Å²) in [7, 11) is 0. The molecular weight excluding hydrogens is 254 g/mol. The maximum Gasteiger partial charge on any atom is 0.123 e. The van der Waals surface area contributed by atoms with Gasteiger partial charge in [-0.15, -0.1) is 11.3 Å². The lowest BCUT2D eigenvalue weighted by atomic mass is 10.2. The molecule has 0 atom stereocenters. The van der Waals surface area contributed by atoms with Gasteiger partial charge in [-0.3, -0.25) is 0 Å². The van der Waals surface area contributed by atoms with Gasteiger partial charge in [0.1, 0.15) is 5.01 Å². The normalized spacial score (nSPS) is 16.4. The Labute approximate surface area is 118 Å². The monoisotopic (exact) mass is 273 g/mol. The number of aromatic nitrogens is 1. The summed E-state index contributed by atoms with van der Waals surface area (Å²) in [6.07, 6.45) is 1.22. The first-order chi connectivity index (χ1) is 9.33. The van der Waals surface area contributed by atoms with Crippen LogP contribution in [0.3, 0.4) is 0 Å². The number of hydrogen-bond donors (Lipinski definition) is 1. The maximum absolute atomic E-state index is 4.53. The van der Waals surface area contributed by atoms with E-state index in [1.807, 2.05) is 6.92 Å². The van der Waals surface area contributed by atoms with E-state index in [1.165, 1.54) is 17.7 Å². The van der Waals surface area contributed by atoms with Crippen molar-refractivity contribution in [3.8, 4) is 10.6 Å². The molecule has 1 aliphatic heterocycles. The van der Waals surface area contributed by atoms with E-state index >= 15 is 0 Å². The molecule has 2 heterocycles. The number of nitrogens with zero attached hydrogens (tertiary/aromatic N) is 2. The Morgan fingerprint density at radius 3 is 2.74 bits per heavy atom. The minimum atomic E-state index is 1.08. The quantitative estimate of drug-likeness (QED) is 0.912. The van der Waals surface area contributed by atoms with Crippen LogP contribution in [0.5, 0.6) is 0 Å². The zero-order valence-corrected chi connectivity index (χ0v) is 12.0. The summed E-state index contributed by atoms with van der Waals surface area (Å²) in [6, 6.07) is 8.81. The number of anilines is 1. The van der Waals surface area contributed by atoms with E-state index in [-0.39, 0.29) is 0 Å². The van der Waals surface area contributed by atoms with E-state index in [0.29, 0.717) is 0 Å². The molecule has 4 heteroatoms. The minimum Gasteiger partial charge on any atom is -0.370 e. The largest absolute Gasteiger partial charge is 0.370 e. The van der Waals surface area contributed by atoms with Gasteiger partial charge >= 0.3 is 0 Å². The van der Waals surface area contributed by atoms with Crippen molar-refractivity contribution in [2.24, 2.45) is 0 Å². The van der Waals surface area contributed by atoms with Crippen LogP contribution < -0.4 is 10.2 Å². The minimum absolute atomic E-state index is 1.08. The average Bonchev–Trinajstić information content (AvgIpc) is 2.72. The van der Waals surface area contributed by atoms with E-state index in [2.05, 4.69) is 44.8 Å². The molecular formula is C15H19N3S. The van der Waals surface area contributed by atoms with Crippen LogP contribution in [0.1, 0.15) is 12.1 Å². The first-order valence-corrected chi connectivity index (χ1v) is 7.69. The van der Waals surface area contributed by atoms with E-state index in [1.54, 1.807) is 11.3 Å². The Kier molecular flexibility index (Phi) is 3.80. The van der Waals surface area contributed by atoms with Gasteiger partial charge in [-0.1, -0.05) is 0 Å². The number of aryl methyl sites for hydroxylation is 1. The molecule has 1 aliphatic rings. The first kappa shape index (κ1) is 12.6. The summed E-state index contributed by atoms with van der Waals surface area (Å²) in [6.45, 7) is 6.48. The highest BCUT2D eigenvalue weighted by molar-refractivity contribution is 7.13. The van der Waals surface area contributed by atoms with Crippen LogP contribution in [0.2, 0.25) is 0 Å². The summed E-state index contributed by atoms with van der Waals surface area (Å²) in [5, 5.41) is 6.65. The smallest absolute Gasteiger partial charge is 0.123 e. The highest BCUT2D eigenvalue weighted by atomic mass is 32.1. The predicted molar refractivity (Wildman–Crippen MR) is 82.0 cm³/mol. The van der Waals surface area contributed by atoms with Crippen molar-refractivity contribution in [2.45, 2.75) is 13.3 Å². The second-order valence-electron chi connectivity index (χ2n) is 4.93. The van der Waals surface area contributed by atoms with Crippen LogP contribution >= 0.6 is 11.3 Å². The highest BCUT2D eigenvalue weighted by Crippen LogP contribution is 2.26. The Bertz CT molecular complexity index is 525. The second kappa shape index (κ2) is 5.72. The standard InChI is InChI=1S/C15H19N3S/c1-12-11-19-15(17-12)13-3-5-14(6-4-13)18-9-2-7-16-8-10-18/h3-6,11,16H,2,7-10H2,1H3. The zero-order chi connectivity index (χ0) is 13.1. The van der Waals surface area contributed by atoms with E-state index in [0.717, 1.165) is 36.9 Å². The van der Waals surface area contributed by atoms with Gasteiger partial charge in [-0.05, 0) is 44.2 Å². The van der Waals surface area contributed by atoms with Crippen molar-refractivity contribution >= 4 is 17.0 Å². The Balaban J connectivity index is 1.78. The molecule has 1 fully saturated rings. The highest BCUT2D eigenvalue weighted by Gasteiger charge is 2.10. The fraction of sp³-hybridized carbons (Fsp3) is 0.400. The molecule has 3 nitrogen and oxygen atoms in total. The number of thiazole rings is 1. The van der Waals surface area contributed by atoms with Gasteiger partial charge in [0.25, 0.3) is 0 Å². The van der Waals surface area contributed by atoms with Crippen LogP contribution in [0.15, 0.2) is 29.6 Å². The molecule has 0 unspecified atom stereocenters. The van der Waals surface area contributed by atoms with Gasteiger partial charge in [0.15, 0.2) is 0 Å². The lowest BCUT2D eigenvalue weighted by molar-refractivity contribution is 0.724. The Hall–Kier alpha value is -1.39. The van der Waals surface area contributed by atoms with Gasteiger partial charge in [-0.2, -0.15) is 0 Å². The summed E-state index contributed by atoms with van der Waals surface area (Å²) in [5.74, 6) is 0. The van der Waals surface area contributed by atoms with Gasteiger partial charge in [0, 0.05) is 42.0 Å². The molecule has 0 bridgehead atoms. The van der Waals surface area contributed by atoms with Crippen LogP contribution in [-0.2, 0) is 0 Å². The summed E-state index contributed by atoms with van der Waals surface area (Å²) < 4.78 is 0. The van der Waals surface area contributed by atoms with Crippen LogP contribution in [0.4, 0.5) is 5.69 Å². The van der Waals surface area contributed by atoms with Crippen LogP contribution in [0, 0.1) is 6.92 Å². The lowest BCUT2D eigenvalue weighted by Gasteiger charge is -2.22. The molecule has 1 aromatic carbocycles. The molecule has 0 aliphatic carbocycles. The molecule has 1 saturated heterocycles. The number of rotatable bonds is 2. The van der Waals surface area contributed by atoms with E-state index in [4.69, 9.17) is 0 Å². The zero-order valence-electron chi connectivity index (χ0n) is 11.2. The third-order valence-electron chi connectivity index (χ3n) is 3.44. The Morgan fingerprint density at radius 1 is 1.16 bits per heavy atom. The van der Waals surface area contributed by atoms with Crippen molar-refractivity contribution in [2.75, 3.05) is 31.1 Å². The van der Waals surface area contributed by atoms with Crippen molar-refractivity contribution in [3.63, 3.8) is 0 Å². The van der Waals surface area contributed by atoms with E-state index < -0.39 is 0 Å². The third kappa shape index (κ3) is 2.96. The third-order valence-corrected chi connectivity index (χ3v) is 4.45. The predicted octanol–water partition coefficient (Wildman–Crippen LogP) is 2.92. The van der Waals surface area contributed by atoms with Crippen LogP contribution in [-0.4, -0.2) is 31.2 Å². The fourth-order valence-corrected chi connectivity index (χ4v) is 3.21. The average molecular weight is 273 g/mol. The fourth-order valence-electron chi connectivity index (χ4n) is 2.41. The SMILES string of the molecule is Cc1csc(-c2ccc(N3CCCNCC3)cc2)n1. The van der Waals surface area contributed by atoms with Crippen LogP contribution in [0.25, 0.3) is 10.6 Å². The molecule has 0 saturated carbocycles. The van der Waals surface area contributed by atoms with Gasteiger partial charge in [-0.25, -0.2) is 4.98 Å². The maximum atomic E-state index is 4.53. The van der Waals surface area contributed by atoms with Crippen molar-refractivity contribution in [1.82, 2.24) is 10.3 Å². The summed E-state index contributed by atoms with van der Waals surface area (Å²) in [4.78, 5) is 6.99. The molecule has 3 rings (SSSR count). The molecule has 0 radical (unpaired) electrons. The summed E-state index contributed by atoms with van der Waals surface area (Å²) >= 11 is 1.71. The molecule has 1 N–H and O–H groups in total. The van der Waals surface area contributed by atoms with Crippen molar-refractivity contribution in [3.05, 3.63) is 35.3 Å². The molecule has 2 aromatic rings. The Morgan fingerprint density at radius 2 is 2.00 bits per heavy atom. The molecule has 0 amide bonds. The van der Waals surface area contributed by atoms with Gasteiger partial charge in [0.2, 0.25) is 0 Å². The first-order valence-electron chi connectivity index (χ1n) is 6.81. The number of benzene rings is 1. The lowest BCUT2D eigenvalue weighted by Crippen LogP contribution is -2.27. The molecule has 1 aromatic heterocycles. The second-order valence-corrected chi connectivity index (χ2v) is 5.79. The van der Waals surface area contributed by atoms with Crippen molar-refractivity contribution in [1.29, 1.82) is 0 Å².